The van der Waals surface area contributed by atoms with Gasteiger partial charge in [-0.2, -0.15) is 25.3 Å². The number of likely N-dealkylation sites (tertiary alicyclic amines) is 1. The van der Waals surface area contributed by atoms with Crippen LogP contribution in [0.25, 0.3) is 0 Å². The maximum Gasteiger partial charge on any atom is 0.327 e. The minimum absolute atomic E-state index is 0.0386. The lowest BCUT2D eigenvalue weighted by Gasteiger charge is -2.31. The van der Waals surface area contributed by atoms with Crippen LogP contribution < -0.4 is 54.4 Å². The molecular formula is C37H65N11O14S2. The third-order valence-electron chi connectivity index (χ3n) is 9.80. The van der Waals surface area contributed by atoms with Gasteiger partial charge >= 0.3 is 5.97 Å². The van der Waals surface area contributed by atoms with Crippen LogP contribution in [0.2, 0.25) is 0 Å². The summed E-state index contributed by atoms with van der Waals surface area (Å²) < 4.78 is 0. The van der Waals surface area contributed by atoms with Crippen LogP contribution in [0.4, 0.5) is 0 Å². The molecule has 1 aliphatic rings. The number of carboxylic acid groups (broad SMARTS) is 1. The van der Waals surface area contributed by atoms with E-state index < -0.39 is 139 Å². The van der Waals surface area contributed by atoms with Gasteiger partial charge in [-0.1, -0.05) is 13.8 Å². The summed E-state index contributed by atoms with van der Waals surface area (Å²) in [5.74, 6) is -10.7. The summed E-state index contributed by atoms with van der Waals surface area (Å²) in [7, 11) is 0. The van der Waals surface area contributed by atoms with Crippen molar-refractivity contribution in [3.63, 3.8) is 0 Å². The Hall–Kier alpha value is -4.80. The molecular weight excluding hydrogens is 887 g/mol. The molecule has 25 nitrogen and oxygen atoms in total. The molecule has 27 heteroatoms. The Morgan fingerprint density at radius 3 is 1.72 bits per heavy atom. The SMILES string of the molecule is CC(C)C[C@H](NC(=O)[C@@H](NC(=O)[C@@H]1CCCN1C(=O)[C@H](CO)NC(=O)[C@H](CC(N)=O)NC(=O)[C@H](CCCCN)NC(=O)[C@H](CO)NC(=O)[C@@H](N)CS)[C@@H](C)O)C(=O)N[C@@H](CS)C(=O)O. The van der Waals surface area contributed by atoms with Gasteiger partial charge in [0.25, 0.3) is 0 Å². The fourth-order valence-electron chi connectivity index (χ4n) is 6.31. The van der Waals surface area contributed by atoms with E-state index in [1.54, 1.807) is 13.8 Å². The molecule has 64 heavy (non-hydrogen) atoms. The molecule has 1 fully saturated rings. The summed E-state index contributed by atoms with van der Waals surface area (Å²) in [6.07, 6.45) is -1.43. The lowest BCUT2D eigenvalue weighted by atomic mass is 10.0. The zero-order chi connectivity index (χ0) is 48.8. The zero-order valence-corrected chi connectivity index (χ0v) is 37.8. The number of carboxylic acids is 1. The van der Waals surface area contributed by atoms with Gasteiger partial charge in [0.2, 0.25) is 53.2 Å². The predicted molar refractivity (Wildman–Crippen MR) is 234 cm³/mol. The van der Waals surface area contributed by atoms with Crippen molar-refractivity contribution in [1.29, 1.82) is 0 Å². The molecule has 0 aromatic carbocycles. The van der Waals surface area contributed by atoms with Crippen molar-refractivity contribution in [1.82, 2.24) is 42.1 Å². The quantitative estimate of drug-likeness (QED) is 0.0245. The van der Waals surface area contributed by atoms with E-state index in [1.807, 2.05) is 0 Å². The molecule has 0 aromatic rings. The maximum absolute atomic E-state index is 13.8. The number of nitrogens with zero attached hydrogens (tertiary/aromatic N) is 1. The number of hydrogen-bond donors (Lipinski definition) is 16. The van der Waals surface area contributed by atoms with Gasteiger partial charge in [0.1, 0.15) is 48.3 Å². The highest BCUT2D eigenvalue weighted by Crippen LogP contribution is 2.19. The zero-order valence-electron chi connectivity index (χ0n) is 36.0. The number of hydrogen-bond acceptors (Lipinski definition) is 17. The van der Waals surface area contributed by atoms with Crippen LogP contribution in [-0.4, -0.2) is 183 Å². The molecule has 1 rings (SSSR count). The van der Waals surface area contributed by atoms with Gasteiger partial charge in [-0.05, 0) is 57.9 Å². The molecule has 0 bridgehead atoms. The van der Waals surface area contributed by atoms with Gasteiger partial charge in [-0.3, -0.25) is 43.2 Å². The smallest absolute Gasteiger partial charge is 0.327 e. The fourth-order valence-corrected chi connectivity index (χ4v) is 6.72. The van der Waals surface area contributed by atoms with Gasteiger partial charge in [-0.15, -0.1) is 0 Å². The first kappa shape index (κ1) is 57.2. The minimum atomic E-state index is -1.78. The first-order chi connectivity index (χ1) is 30.1. The number of aliphatic carboxylic acids is 1. The van der Waals surface area contributed by atoms with Gasteiger partial charge in [0, 0.05) is 18.1 Å². The molecule has 0 spiro atoms. The summed E-state index contributed by atoms with van der Waals surface area (Å²) in [4.78, 5) is 131. The van der Waals surface area contributed by atoms with Gasteiger partial charge in [0.05, 0.1) is 31.8 Å². The average molecular weight is 952 g/mol. The standard InChI is InChI=1S/C37H65N11O14S2/c1-17(2)11-21(31(55)46-25(16-64)37(61)62)43-35(59)28(18(3)51)47-34(58)26-8-6-10-48(26)36(60)24(14-50)45-32(56)22(12-27(40)52)42-30(54)20(7-4-5-9-38)41-33(57)23(13-49)44-29(53)19(39)15-63/h17-26,28,49-51,63-64H,4-16,38-39H2,1-3H3,(H2,40,52)(H,41,57)(H,42,54)(H,43,59)(H,44,53)(H,45,56)(H,46,55)(H,47,58)(H,61,62)/t18-,19+,20+,21+,22+,23+,24+,25+,26+,28+/m1/s1. The topological polar surface area (TPSA) is 417 Å². The van der Waals surface area contributed by atoms with Crippen molar-refractivity contribution < 1.29 is 68.4 Å². The van der Waals surface area contributed by atoms with Crippen LogP contribution in [0, 0.1) is 5.92 Å². The summed E-state index contributed by atoms with van der Waals surface area (Å²) in [5, 5.41) is 56.1. The van der Waals surface area contributed by atoms with E-state index in [2.05, 4.69) is 62.5 Å². The first-order valence-corrected chi connectivity index (χ1v) is 21.8. The second-order valence-electron chi connectivity index (χ2n) is 15.5. The van der Waals surface area contributed by atoms with E-state index in [-0.39, 0.29) is 62.6 Å². The molecule has 364 valence electrons. The molecule has 0 unspecified atom stereocenters. The normalized spacial score (nSPS) is 17.8. The number of aliphatic hydroxyl groups is 3. The predicted octanol–water partition coefficient (Wildman–Crippen LogP) is -6.94. The number of thiol groups is 2. The van der Waals surface area contributed by atoms with Crippen LogP contribution in [0.3, 0.4) is 0 Å². The molecule has 1 aliphatic heterocycles. The number of aliphatic hydroxyl groups excluding tert-OH is 3. The number of rotatable bonds is 29. The Kier molecular flexibility index (Phi) is 25.8. The lowest BCUT2D eigenvalue weighted by Crippen LogP contribution is -2.62. The Balaban J connectivity index is 3.24. The Morgan fingerprint density at radius 2 is 1.20 bits per heavy atom. The van der Waals surface area contributed by atoms with Crippen molar-refractivity contribution in [2.75, 3.05) is 37.8 Å². The van der Waals surface area contributed by atoms with E-state index in [1.165, 1.54) is 6.92 Å². The number of nitrogens with two attached hydrogens (primary N) is 3. The molecule has 10 atom stereocenters. The molecule has 17 N–H and O–H groups in total. The summed E-state index contributed by atoms with van der Waals surface area (Å²) in [5.41, 5.74) is 16.6. The Labute approximate surface area is 381 Å². The molecule has 0 aromatic heterocycles. The van der Waals surface area contributed by atoms with E-state index in [0.717, 1.165) is 4.90 Å². The van der Waals surface area contributed by atoms with Crippen LogP contribution >= 0.6 is 25.3 Å². The minimum Gasteiger partial charge on any atom is -0.480 e. The van der Waals surface area contributed by atoms with E-state index in [9.17, 15) is 68.4 Å². The Bertz CT molecular complexity index is 1640. The summed E-state index contributed by atoms with van der Waals surface area (Å²) >= 11 is 7.84. The molecule has 0 aliphatic carbocycles. The number of carbonyl (C=O) groups is 10. The van der Waals surface area contributed by atoms with Crippen molar-refractivity contribution in [3.8, 4) is 0 Å². The third-order valence-corrected chi connectivity index (χ3v) is 10.6. The van der Waals surface area contributed by atoms with Crippen molar-refractivity contribution >= 4 is 84.4 Å². The number of carbonyl (C=O) groups excluding carboxylic acids is 9. The molecule has 1 heterocycles. The largest absolute Gasteiger partial charge is 0.480 e. The lowest BCUT2D eigenvalue weighted by molar-refractivity contribution is -0.144. The maximum atomic E-state index is 13.8. The van der Waals surface area contributed by atoms with Gasteiger partial charge in [-0.25, -0.2) is 4.79 Å². The molecule has 0 radical (unpaired) electrons. The number of nitrogens with one attached hydrogen (secondary N) is 7. The number of unbranched alkanes of at least 4 members (excludes halogenated alkanes) is 1. The van der Waals surface area contributed by atoms with Crippen LogP contribution in [0.15, 0.2) is 0 Å². The Morgan fingerprint density at radius 1 is 0.688 bits per heavy atom. The third kappa shape index (κ3) is 18.7. The monoisotopic (exact) mass is 951 g/mol. The van der Waals surface area contributed by atoms with Gasteiger partial charge in [0.15, 0.2) is 0 Å². The van der Waals surface area contributed by atoms with E-state index in [4.69, 9.17) is 17.2 Å². The molecule has 1 saturated heterocycles. The van der Waals surface area contributed by atoms with Crippen LogP contribution in [0.5, 0.6) is 0 Å². The summed E-state index contributed by atoms with van der Waals surface area (Å²) in [6, 6.07) is -13.3. The average Bonchev–Trinajstić information content (AvgIpc) is 3.73. The van der Waals surface area contributed by atoms with Crippen LogP contribution in [0.1, 0.15) is 65.7 Å². The second-order valence-corrected chi connectivity index (χ2v) is 16.3. The molecule has 9 amide bonds. The van der Waals surface area contributed by atoms with Crippen molar-refractivity contribution in [2.45, 2.75) is 126 Å². The highest BCUT2D eigenvalue weighted by molar-refractivity contribution is 7.80. The van der Waals surface area contributed by atoms with Crippen molar-refractivity contribution in [3.05, 3.63) is 0 Å². The highest BCUT2D eigenvalue weighted by Gasteiger charge is 2.41. The van der Waals surface area contributed by atoms with E-state index >= 15 is 0 Å². The van der Waals surface area contributed by atoms with Crippen LogP contribution in [-0.2, 0) is 47.9 Å². The van der Waals surface area contributed by atoms with E-state index in [0.29, 0.717) is 6.42 Å². The van der Waals surface area contributed by atoms with Crippen molar-refractivity contribution in [2.24, 2.45) is 23.1 Å². The fraction of sp³-hybridized carbons (Fsp3) is 0.730. The number of amides is 9. The summed E-state index contributed by atoms with van der Waals surface area (Å²) in [6.45, 7) is 2.88. The highest BCUT2D eigenvalue weighted by atomic mass is 32.1. The molecule has 0 saturated carbocycles. The first-order valence-electron chi connectivity index (χ1n) is 20.6. The second kappa shape index (κ2) is 28.9. The number of primary amides is 1. The van der Waals surface area contributed by atoms with Gasteiger partial charge < -0.3 is 79.7 Å².